The van der Waals surface area contributed by atoms with Crippen molar-refractivity contribution >= 4 is 37.7 Å². The van der Waals surface area contributed by atoms with Gasteiger partial charge < -0.3 is 0 Å². The second-order valence-electron chi connectivity index (χ2n) is 6.25. The van der Waals surface area contributed by atoms with E-state index < -0.39 is 0 Å². The van der Waals surface area contributed by atoms with E-state index in [4.69, 9.17) is 0 Å². The summed E-state index contributed by atoms with van der Waals surface area (Å²) in [7, 11) is 0. The maximum absolute atomic E-state index is 2.20. The van der Waals surface area contributed by atoms with Crippen molar-refractivity contribution in [2.45, 2.75) is 69.2 Å². The van der Waals surface area contributed by atoms with Gasteiger partial charge in [-0.05, 0) is 77.7 Å². The van der Waals surface area contributed by atoms with E-state index in [-0.39, 0.29) is 37.7 Å². The minimum Gasteiger partial charge on any atom is -0.0589 e. The molecule has 0 fully saturated rings. The number of allylic oxidation sites excluding steroid dienone is 8. The first kappa shape index (κ1) is 21.2. The summed E-state index contributed by atoms with van der Waals surface area (Å²) in [4.78, 5) is 0. The second-order valence-corrected chi connectivity index (χ2v) is 6.25. The molecule has 0 nitrogen and oxygen atoms in total. The number of hydrogen-bond acceptors (Lipinski definition) is 0. The third kappa shape index (κ3) is 4.15. The van der Waals surface area contributed by atoms with Crippen molar-refractivity contribution in [3.63, 3.8) is 0 Å². The summed E-state index contributed by atoms with van der Waals surface area (Å²) in [5, 5.41) is 0. The smallest absolute Gasteiger partial charge is 0.0226 e. The first-order chi connectivity index (χ1) is 9.11. The topological polar surface area (TPSA) is 0 Å². The van der Waals surface area contributed by atoms with Crippen LogP contribution in [0.2, 0.25) is 0 Å². The van der Waals surface area contributed by atoms with Gasteiger partial charge in [0.25, 0.3) is 0 Å². The van der Waals surface area contributed by atoms with Crippen LogP contribution in [0.15, 0.2) is 44.6 Å². The Morgan fingerprint density at radius 1 is 0.286 bits per heavy atom. The molecule has 0 heterocycles. The molecule has 2 rings (SSSR count). The van der Waals surface area contributed by atoms with E-state index in [0.29, 0.717) is 0 Å². The molecule has 0 unspecified atom stereocenters. The van der Waals surface area contributed by atoms with Gasteiger partial charge in [-0.15, -0.1) is 0 Å². The molecule has 0 aromatic heterocycles. The molecule has 21 heavy (non-hydrogen) atoms. The maximum atomic E-state index is 2.20. The summed E-state index contributed by atoms with van der Waals surface area (Å²) in [5.41, 5.74) is 11.7. The maximum Gasteiger partial charge on any atom is 0.0226 e. The summed E-state index contributed by atoms with van der Waals surface area (Å²) >= 11 is 0. The molecular formula is C20H30Ca. The van der Waals surface area contributed by atoms with Crippen LogP contribution in [0.1, 0.15) is 69.2 Å². The Morgan fingerprint density at radius 3 is 0.476 bits per heavy atom. The summed E-state index contributed by atoms with van der Waals surface area (Å²) in [6.07, 6.45) is 0. The monoisotopic (exact) mass is 310 g/mol. The molecular weight excluding hydrogens is 280 g/mol. The Morgan fingerprint density at radius 2 is 0.429 bits per heavy atom. The van der Waals surface area contributed by atoms with E-state index in [9.17, 15) is 0 Å². The molecule has 0 amide bonds. The van der Waals surface area contributed by atoms with Gasteiger partial charge in [-0.2, -0.15) is 0 Å². The zero-order valence-electron chi connectivity index (χ0n) is 15.7. The first-order valence-corrected chi connectivity index (χ1v) is 7.50. The molecule has 0 aromatic rings. The zero-order chi connectivity index (χ0) is 15.8. The zero-order valence-corrected chi connectivity index (χ0v) is 17.9. The van der Waals surface area contributed by atoms with Gasteiger partial charge in [-0.1, -0.05) is 36.1 Å². The van der Waals surface area contributed by atoms with Crippen LogP contribution < -0.4 is 0 Å². The van der Waals surface area contributed by atoms with E-state index in [1.54, 1.807) is 0 Å². The van der Waals surface area contributed by atoms with Gasteiger partial charge >= 0.3 is 0 Å². The average Bonchev–Trinajstić information content (AvgIpc) is 2.71. The molecule has 0 aromatic carbocycles. The molecule has 0 saturated carbocycles. The van der Waals surface area contributed by atoms with Crippen molar-refractivity contribution in [3.05, 3.63) is 56.4 Å². The van der Waals surface area contributed by atoms with E-state index in [1.165, 1.54) is 56.4 Å². The Labute approximate surface area is 162 Å². The number of rotatable bonds is 0. The Balaban J connectivity index is 0.000000364. The second kappa shape index (κ2) is 8.18. The van der Waals surface area contributed by atoms with Gasteiger partial charge in [0.05, 0.1) is 0 Å². The normalized spacial score (nSPS) is 20.3. The molecule has 1 heteroatoms. The average molecular weight is 311 g/mol. The van der Waals surface area contributed by atoms with Crippen LogP contribution in [0.3, 0.4) is 0 Å². The molecule has 2 aliphatic rings. The van der Waals surface area contributed by atoms with Crippen LogP contribution in [-0.4, -0.2) is 37.7 Å². The molecule has 0 atom stereocenters. The molecule has 0 spiro atoms. The predicted octanol–water partition coefficient (Wildman–Crippen LogP) is 6.15. The van der Waals surface area contributed by atoms with E-state index in [2.05, 4.69) is 69.2 Å². The SMILES string of the molecule is C[C]1C(C)=C(C)C(C)=C1C.C[C]1C(C)=C(C)C(C)=C1C.[Ca]. The fraction of sp³-hybridized carbons (Fsp3) is 0.500. The van der Waals surface area contributed by atoms with Crippen molar-refractivity contribution < 1.29 is 0 Å². The van der Waals surface area contributed by atoms with Crippen molar-refractivity contribution in [2.75, 3.05) is 0 Å². The van der Waals surface area contributed by atoms with E-state index >= 15 is 0 Å². The van der Waals surface area contributed by atoms with Crippen LogP contribution in [0.4, 0.5) is 0 Å². The Bertz CT molecular complexity index is 440. The van der Waals surface area contributed by atoms with Gasteiger partial charge in [-0.3, -0.25) is 0 Å². The van der Waals surface area contributed by atoms with Crippen LogP contribution in [-0.2, 0) is 0 Å². The van der Waals surface area contributed by atoms with Gasteiger partial charge in [0, 0.05) is 49.6 Å². The summed E-state index contributed by atoms with van der Waals surface area (Å²) in [6, 6.07) is 0. The van der Waals surface area contributed by atoms with Gasteiger partial charge in [0.1, 0.15) is 0 Å². The van der Waals surface area contributed by atoms with Crippen LogP contribution in [0.25, 0.3) is 0 Å². The molecule has 0 aliphatic heterocycles. The van der Waals surface area contributed by atoms with Crippen LogP contribution >= 0.6 is 0 Å². The minimum atomic E-state index is 0. The largest absolute Gasteiger partial charge is 0.0589 e. The number of hydrogen-bond donors (Lipinski definition) is 0. The standard InChI is InChI=1S/2C10H15.Ca/c2*1-6-7(2)9(4)10(5)8(6)3;/h2*1-5H3;. The predicted molar refractivity (Wildman–Crippen MR) is 97.1 cm³/mol. The molecule has 0 N–H and O–H groups in total. The van der Waals surface area contributed by atoms with Crippen molar-refractivity contribution in [1.29, 1.82) is 0 Å². The van der Waals surface area contributed by atoms with Gasteiger partial charge in [0.2, 0.25) is 0 Å². The van der Waals surface area contributed by atoms with E-state index in [0.717, 1.165) is 0 Å². The van der Waals surface area contributed by atoms with Crippen LogP contribution in [0, 0.1) is 11.8 Å². The third-order valence-electron chi connectivity index (χ3n) is 5.62. The van der Waals surface area contributed by atoms with Crippen molar-refractivity contribution in [2.24, 2.45) is 0 Å². The fourth-order valence-corrected chi connectivity index (χ4v) is 2.81. The van der Waals surface area contributed by atoms with Gasteiger partial charge in [-0.25, -0.2) is 0 Å². The van der Waals surface area contributed by atoms with E-state index in [1.807, 2.05) is 0 Å². The first-order valence-electron chi connectivity index (χ1n) is 7.50. The quantitative estimate of drug-likeness (QED) is 0.470. The van der Waals surface area contributed by atoms with Crippen LogP contribution in [0.5, 0.6) is 0 Å². The summed E-state index contributed by atoms with van der Waals surface area (Å²) < 4.78 is 0. The van der Waals surface area contributed by atoms with Crippen molar-refractivity contribution in [1.82, 2.24) is 0 Å². The summed E-state index contributed by atoms with van der Waals surface area (Å²) in [5.74, 6) is 2.94. The molecule has 4 radical (unpaired) electrons. The molecule has 0 saturated heterocycles. The van der Waals surface area contributed by atoms with Crippen molar-refractivity contribution in [3.8, 4) is 0 Å². The third-order valence-corrected chi connectivity index (χ3v) is 5.62. The molecule has 112 valence electrons. The summed E-state index contributed by atoms with van der Waals surface area (Å²) in [6.45, 7) is 22.0. The van der Waals surface area contributed by atoms with Gasteiger partial charge in [0.15, 0.2) is 0 Å². The Hall–Kier alpha value is 0.220. The Kier molecular flexibility index (Phi) is 8.26. The molecule has 0 bridgehead atoms. The fourth-order valence-electron chi connectivity index (χ4n) is 2.81. The minimum absolute atomic E-state index is 0. The molecule has 2 aliphatic carbocycles.